The molecule has 1 aliphatic rings. The van der Waals surface area contributed by atoms with Gasteiger partial charge in [0, 0.05) is 12.7 Å². The van der Waals surface area contributed by atoms with Crippen molar-refractivity contribution in [2.24, 2.45) is 0 Å². The van der Waals surface area contributed by atoms with Gasteiger partial charge in [0.15, 0.2) is 0 Å². The van der Waals surface area contributed by atoms with Gasteiger partial charge in [-0.2, -0.15) is 13.2 Å². The smallest absolute Gasteiger partial charge is 0.278 e. The molecule has 1 fully saturated rings. The number of halogens is 3. The summed E-state index contributed by atoms with van der Waals surface area (Å²) < 4.78 is 37.0. The molecule has 1 saturated heterocycles. The van der Waals surface area contributed by atoms with Gasteiger partial charge in [0.05, 0.1) is 12.2 Å². The second-order valence-electron chi connectivity index (χ2n) is 3.63. The topological polar surface area (TPSA) is 35.6 Å². The normalized spacial score (nSPS) is 16.8. The zero-order valence-corrected chi connectivity index (χ0v) is 8.95. The average Bonchev–Trinajstić information content (AvgIpc) is 2.59. The lowest BCUT2D eigenvalue weighted by molar-refractivity contribution is -0.137. The van der Waals surface area contributed by atoms with Gasteiger partial charge in [-0.05, 0) is 24.3 Å². The molecule has 0 spiro atoms. The summed E-state index contributed by atoms with van der Waals surface area (Å²) in [5.74, 6) is 0. The van der Waals surface area contributed by atoms with E-state index in [9.17, 15) is 18.0 Å². The van der Waals surface area contributed by atoms with E-state index in [2.05, 4.69) is 5.43 Å². The van der Waals surface area contributed by atoms with E-state index in [-0.39, 0.29) is 12.7 Å². The summed E-state index contributed by atoms with van der Waals surface area (Å²) in [4.78, 5) is 12.9. The first-order valence-electron chi connectivity index (χ1n) is 4.85. The minimum Gasteiger partial charge on any atom is -0.278 e. The fourth-order valence-electron chi connectivity index (χ4n) is 1.53. The fraction of sp³-hybridized carbons (Fsp3) is 0.300. The fourth-order valence-corrected chi connectivity index (χ4v) is 1.53. The van der Waals surface area contributed by atoms with Crippen LogP contribution in [-0.2, 0) is 6.18 Å². The van der Waals surface area contributed by atoms with Crippen molar-refractivity contribution in [3.05, 3.63) is 29.8 Å². The second-order valence-corrected chi connectivity index (χ2v) is 3.63. The number of carbonyl (C=O) groups excluding carboxylic acids is 1. The lowest BCUT2D eigenvalue weighted by Gasteiger charge is -2.15. The van der Waals surface area contributed by atoms with Gasteiger partial charge in [0.2, 0.25) is 0 Å². The molecule has 1 N–H and O–H groups in total. The van der Waals surface area contributed by atoms with E-state index in [1.807, 2.05) is 0 Å². The van der Waals surface area contributed by atoms with E-state index >= 15 is 0 Å². The van der Waals surface area contributed by atoms with Gasteiger partial charge in [0.25, 0.3) is 0 Å². The number of hydrazine groups is 1. The number of anilines is 1. The highest BCUT2D eigenvalue weighted by Gasteiger charge is 2.31. The summed E-state index contributed by atoms with van der Waals surface area (Å²) in [7, 11) is 1.55. The Kier molecular flexibility index (Phi) is 2.70. The quantitative estimate of drug-likeness (QED) is 0.821. The molecule has 0 bridgehead atoms. The van der Waals surface area contributed by atoms with Crippen molar-refractivity contribution >= 4 is 11.7 Å². The van der Waals surface area contributed by atoms with Crippen LogP contribution < -0.4 is 10.3 Å². The van der Waals surface area contributed by atoms with Gasteiger partial charge in [0.1, 0.15) is 0 Å². The summed E-state index contributed by atoms with van der Waals surface area (Å²) in [5, 5.41) is 1.28. The molecule has 0 unspecified atom stereocenters. The van der Waals surface area contributed by atoms with Gasteiger partial charge in [-0.3, -0.25) is 9.91 Å². The van der Waals surface area contributed by atoms with Gasteiger partial charge in [-0.15, -0.1) is 0 Å². The molecule has 4 nitrogen and oxygen atoms in total. The molecule has 0 aromatic heterocycles. The standard InChI is InChI=1S/C10H10F3N3O/c1-15-9(17)16(6-14-15)8-4-2-7(3-5-8)10(11,12)13/h2-5,14H,6H2,1H3. The summed E-state index contributed by atoms with van der Waals surface area (Å²) >= 11 is 0. The number of benzene rings is 1. The number of urea groups is 1. The second kappa shape index (κ2) is 3.92. The predicted molar refractivity (Wildman–Crippen MR) is 55.1 cm³/mol. The van der Waals surface area contributed by atoms with E-state index < -0.39 is 11.7 Å². The maximum Gasteiger partial charge on any atom is 0.416 e. The first kappa shape index (κ1) is 11.7. The Morgan fingerprint density at radius 1 is 1.24 bits per heavy atom. The number of hydrogen-bond donors (Lipinski definition) is 1. The summed E-state index contributed by atoms with van der Waals surface area (Å²) in [6, 6.07) is 4.18. The summed E-state index contributed by atoms with van der Waals surface area (Å²) in [6.45, 7) is 0.251. The van der Waals surface area contributed by atoms with Crippen molar-refractivity contribution in [3.8, 4) is 0 Å². The molecular weight excluding hydrogens is 235 g/mol. The van der Waals surface area contributed by atoms with Crippen LogP contribution in [0.5, 0.6) is 0 Å². The van der Waals surface area contributed by atoms with Crippen molar-refractivity contribution in [2.45, 2.75) is 6.18 Å². The Morgan fingerprint density at radius 2 is 1.82 bits per heavy atom. The third-order valence-electron chi connectivity index (χ3n) is 2.49. The average molecular weight is 245 g/mol. The van der Waals surface area contributed by atoms with E-state index in [0.717, 1.165) is 12.1 Å². The molecule has 1 heterocycles. The highest BCUT2D eigenvalue weighted by atomic mass is 19.4. The Hall–Kier alpha value is -1.76. The molecule has 92 valence electrons. The van der Waals surface area contributed by atoms with Crippen LogP contribution in [0.15, 0.2) is 24.3 Å². The molecule has 2 amide bonds. The van der Waals surface area contributed by atoms with E-state index in [1.165, 1.54) is 22.0 Å². The van der Waals surface area contributed by atoms with E-state index in [4.69, 9.17) is 0 Å². The number of nitrogens with one attached hydrogen (secondary N) is 1. The Labute approximate surface area is 95.6 Å². The number of rotatable bonds is 1. The molecule has 0 saturated carbocycles. The predicted octanol–water partition coefficient (Wildman–Crippen LogP) is 2.04. The third kappa shape index (κ3) is 2.19. The molecule has 7 heteroatoms. The molecule has 17 heavy (non-hydrogen) atoms. The van der Waals surface area contributed by atoms with E-state index in [1.54, 1.807) is 7.05 Å². The van der Waals surface area contributed by atoms with Crippen LogP contribution in [0.25, 0.3) is 0 Å². The Morgan fingerprint density at radius 3 is 2.24 bits per heavy atom. The number of amides is 2. The third-order valence-corrected chi connectivity index (χ3v) is 2.49. The van der Waals surface area contributed by atoms with Crippen molar-refractivity contribution in [1.29, 1.82) is 0 Å². The molecular formula is C10H10F3N3O. The van der Waals surface area contributed by atoms with Gasteiger partial charge >= 0.3 is 12.2 Å². The number of carbonyl (C=O) groups is 1. The highest BCUT2D eigenvalue weighted by molar-refractivity contribution is 5.93. The summed E-state index contributed by atoms with van der Waals surface area (Å²) in [5.41, 5.74) is 2.45. The van der Waals surface area contributed by atoms with Crippen molar-refractivity contribution in [2.75, 3.05) is 18.6 Å². The van der Waals surface area contributed by atoms with Crippen molar-refractivity contribution in [3.63, 3.8) is 0 Å². The maximum atomic E-state index is 12.3. The molecule has 0 radical (unpaired) electrons. The van der Waals surface area contributed by atoms with Crippen molar-refractivity contribution < 1.29 is 18.0 Å². The monoisotopic (exact) mass is 245 g/mol. The zero-order valence-electron chi connectivity index (χ0n) is 8.95. The Balaban J connectivity index is 2.22. The van der Waals surface area contributed by atoms with Crippen LogP contribution in [-0.4, -0.2) is 24.8 Å². The number of alkyl halides is 3. The van der Waals surface area contributed by atoms with Crippen LogP contribution in [0.2, 0.25) is 0 Å². The van der Waals surface area contributed by atoms with Gasteiger partial charge in [-0.1, -0.05) is 0 Å². The van der Waals surface area contributed by atoms with Crippen LogP contribution in [0.4, 0.5) is 23.7 Å². The van der Waals surface area contributed by atoms with Crippen molar-refractivity contribution in [1.82, 2.24) is 10.4 Å². The molecule has 2 rings (SSSR count). The minimum absolute atomic E-state index is 0.251. The molecule has 0 atom stereocenters. The van der Waals surface area contributed by atoms with Gasteiger partial charge < -0.3 is 0 Å². The largest absolute Gasteiger partial charge is 0.416 e. The maximum absolute atomic E-state index is 12.3. The Bertz CT molecular complexity index is 429. The van der Waals surface area contributed by atoms with Crippen LogP contribution >= 0.6 is 0 Å². The zero-order chi connectivity index (χ0) is 12.6. The highest BCUT2D eigenvalue weighted by Crippen LogP contribution is 2.30. The lowest BCUT2D eigenvalue weighted by Crippen LogP contribution is -2.31. The molecule has 1 aromatic carbocycles. The molecule has 1 aromatic rings. The molecule has 1 aliphatic heterocycles. The lowest BCUT2D eigenvalue weighted by atomic mass is 10.2. The van der Waals surface area contributed by atoms with Crippen LogP contribution in [0.1, 0.15) is 5.56 Å². The first-order chi connectivity index (χ1) is 7.89. The minimum atomic E-state index is -4.36. The molecule has 0 aliphatic carbocycles. The van der Waals surface area contributed by atoms with Gasteiger partial charge in [-0.25, -0.2) is 10.2 Å². The number of nitrogens with zero attached hydrogens (tertiary/aromatic N) is 2. The SMILES string of the molecule is CN1NCN(c2ccc(C(F)(F)F)cc2)C1=O. The first-order valence-corrected chi connectivity index (χ1v) is 4.85. The van der Waals surface area contributed by atoms with Crippen LogP contribution in [0, 0.1) is 0 Å². The number of hydrogen-bond acceptors (Lipinski definition) is 2. The summed E-state index contributed by atoms with van der Waals surface area (Å²) in [6.07, 6.45) is -4.36. The van der Waals surface area contributed by atoms with Crippen LogP contribution in [0.3, 0.4) is 0 Å². The van der Waals surface area contributed by atoms with E-state index in [0.29, 0.717) is 5.69 Å².